The van der Waals surface area contributed by atoms with Gasteiger partial charge in [-0.3, -0.25) is 14.7 Å². The lowest BCUT2D eigenvalue weighted by atomic mass is 10.1. The van der Waals surface area contributed by atoms with Crippen molar-refractivity contribution < 1.29 is 14.3 Å². The van der Waals surface area contributed by atoms with Crippen LogP contribution in [-0.2, 0) is 11.3 Å². The van der Waals surface area contributed by atoms with E-state index in [0.717, 1.165) is 5.56 Å². The van der Waals surface area contributed by atoms with E-state index in [4.69, 9.17) is 10.00 Å². The summed E-state index contributed by atoms with van der Waals surface area (Å²) in [5.41, 5.74) is 1.29. The van der Waals surface area contributed by atoms with Crippen LogP contribution in [0.15, 0.2) is 12.3 Å². The highest BCUT2D eigenvalue weighted by atomic mass is 16.6. The Kier molecular flexibility index (Phi) is 3.94. The van der Waals surface area contributed by atoms with Crippen LogP contribution < -0.4 is 0 Å². The van der Waals surface area contributed by atoms with Crippen LogP contribution in [0.1, 0.15) is 54.8 Å². The van der Waals surface area contributed by atoms with Gasteiger partial charge >= 0.3 is 6.09 Å². The zero-order chi connectivity index (χ0) is 15.6. The average Bonchev–Trinajstić information content (AvgIpc) is 2.75. The van der Waals surface area contributed by atoms with Gasteiger partial charge in [0.25, 0.3) is 0 Å². The standard InChI is InChI=1S/C15H17N3O3/c1-15(2,3)21-14(20)18-8-11-6-10(9-19)7-17-13(11)12(18)4-5-16/h6-7,9,12H,4,8H2,1-3H3. The van der Waals surface area contributed by atoms with E-state index in [1.165, 1.54) is 11.1 Å². The monoisotopic (exact) mass is 287 g/mol. The molecule has 0 aromatic carbocycles. The molecule has 0 N–H and O–H groups in total. The highest BCUT2D eigenvalue weighted by molar-refractivity contribution is 5.75. The van der Waals surface area contributed by atoms with Crippen LogP contribution >= 0.6 is 0 Å². The molecule has 0 radical (unpaired) electrons. The Morgan fingerprint density at radius 3 is 2.90 bits per heavy atom. The van der Waals surface area contributed by atoms with E-state index in [2.05, 4.69) is 11.1 Å². The predicted molar refractivity (Wildman–Crippen MR) is 74.4 cm³/mol. The van der Waals surface area contributed by atoms with Crippen LogP contribution in [0.2, 0.25) is 0 Å². The third-order valence-electron chi connectivity index (χ3n) is 3.10. The summed E-state index contributed by atoms with van der Waals surface area (Å²) in [4.78, 5) is 28.8. The summed E-state index contributed by atoms with van der Waals surface area (Å²) in [7, 11) is 0. The SMILES string of the molecule is CC(C)(C)OC(=O)N1Cc2cc(C=O)cnc2C1CC#N. The maximum atomic E-state index is 12.3. The first-order chi connectivity index (χ1) is 9.85. The van der Waals surface area contributed by atoms with Crippen molar-refractivity contribution >= 4 is 12.4 Å². The van der Waals surface area contributed by atoms with Gasteiger partial charge in [-0.25, -0.2) is 4.79 Å². The number of amides is 1. The molecule has 6 nitrogen and oxygen atoms in total. The molecule has 1 amide bonds. The molecule has 1 unspecified atom stereocenters. The average molecular weight is 287 g/mol. The Balaban J connectivity index is 2.30. The van der Waals surface area contributed by atoms with Gasteiger partial charge < -0.3 is 4.74 Å². The fraction of sp³-hybridized carbons (Fsp3) is 0.467. The van der Waals surface area contributed by atoms with Gasteiger partial charge in [0.05, 0.1) is 30.8 Å². The lowest BCUT2D eigenvalue weighted by molar-refractivity contribution is 0.0173. The summed E-state index contributed by atoms with van der Waals surface area (Å²) in [6, 6.07) is 3.34. The summed E-state index contributed by atoms with van der Waals surface area (Å²) in [6.45, 7) is 5.66. The minimum atomic E-state index is -0.607. The van der Waals surface area contributed by atoms with E-state index in [1.807, 2.05) is 0 Å². The van der Waals surface area contributed by atoms with Gasteiger partial charge in [-0.2, -0.15) is 5.26 Å². The largest absolute Gasteiger partial charge is 0.444 e. The van der Waals surface area contributed by atoms with Gasteiger partial charge in [-0.05, 0) is 32.4 Å². The fourth-order valence-electron chi connectivity index (χ4n) is 2.28. The molecule has 1 aromatic heterocycles. The van der Waals surface area contributed by atoms with Crippen LogP contribution in [0, 0.1) is 11.3 Å². The number of hydrogen-bond acceptors (Lipinski definition) is 5. The number of rotatable bonds is 2. The molecule has 0 spiro atoms. The molecule has 0 saturated carbocycles. The molecule has 1 aliphatic rings. The molecule has 2 rings (SSSR count). The molecule has 110 valence electrons. The third kappa shape index (κ3) is 3.19. The summed E-state index contributed by atoms with van der Waals surface area (Å²) in [5, 5.41) is 8.97. The Bertz CT molecular complexity index is 614. The van der Waals surface area contributed by atoms with Crippen LogP contribution in [0.5, 0.6) is 0 Å². The molecule has 2 heterocycles. The highest BCUT2D eigenvalue weighted by Crippen LogP contribution is 2.35. The maximum absolute atomic E-state index is 12.3. The molecule has 0 saturated heterocycles. The van der Waals surface area contributed by atoms with Gasteiger partial charge in [-0.1, -0.05) is 0 Å². The first-order valence-corrected chi connectivity index (χ1v) is 6.66. The normalized spacial score (nSPS) is 17.0. The molecule has 0 fully saturated rings. The van der Waals surface area contributed by atoms with E-state index in [-0.39, 0.29) is 6.42 Å². The Morgan fingerprint density at radius 2 is 2.33 bits per heavy atom. The number of nitrogens with zero attached hydrogens (tertiary/aromatic N) is 3. The lowest BCUT2D eigenvalue weighted by Crippen LogP contribution is -2.35. The van der Waals surface area contributed by atoms with Crippen molar-refractivity contribution in [1.29, 1.82) is 5.26 Å². The van der Waals surface area contributed by atoms with Crippen molar-refractivity contribution in [2.24, 2.45) is 0 Å². The second kappa shape index (κ2) is 5.52. The Labute approximate surface area is 123 Å². The Morgan fingerprint density at radius 1 is 1.62 bits per heavy atom. The van der Waals surface area contributed by atoms with Crippen molar-refractivity contribution in [1.82, 2.24) is 9.88 Å². The second-order valence-corrected chi connectivity index (χ2v) is 5.92. The fourth-order valence-corrected chi connectivity index (χ4v) is 2.28. The number of carbonyl (C=O) groups excluding carboxylic acids is 2. The predicted octanol–water partition coefficient (Wildman–Crippen LogP) is 2.60. The van der Waals surface area contributed by atoms with Gasteiger partial charge in [-0.15, -0.1) is 0 Å². The molecule has 0 aliphatic carbocycles. The zero-order valence-corrected chi connectivity index (χ0v) is 12.3. The summed E-state index contributed by atoms with van der Waals surface area (Å²) >= 11 is 0. The van der Waals surface area contributed by atoms with Crippen molar-refractivity contribution in [2.45, 2.75) is 45.4 Å². The molecule has 1 atom stereocenters. The maximum Gasteiger partial charge on any atom is 0.411 e. The van der Waals surface area contributed by atoms with Gasteiger partial charge in [0, 0.05) is 11.8 Å². The first-order valence-electron chi connectivity index (χ1n) is 6.66. The molecular weight excluding hydrogens is 270 g/mol. The smallest absolute Gasteiger partial charge is 0.411 e. The minimum absolute atomic E-state index is 0.139. The number of aldehydes is 1. The molecule has 1 aliphatic heterocycles. The quantitative estimate of drug-likeness (QED) is 0.781. The van der Waals surface area contributed by atoms with Crippen molar-refractivity contribution in [3.63, 3.8) is 0 Å². The van der Waals surface area contributed by atoms with E-state index >= 15 is 0 Å². The van der Waals surface area contributed by atoms with Crippen molar-refractivity contribution in [3.05, 3.63) is 29.1 Å². The van der Waals surface area contributed by atoms with Crippen LogP contribution in [0.4, 0.5) is 4.79 Å². The second-order valence-electron chi connectivity index (χ2n) is 5.92. The molecule has 6 heteroatoms. The van der Waals surface area contributed by atoms with Crippen LogP contribution in [0.3, 0.4) is 0 Å². The van der Waals surface area contributed by atoms with E-state index in [0.29, 0.717) is 24.1 Å². The minimum Gasteiger partial charge on any atom is -0.444 e. The van der Waals surface area contributed by atoms with E-state index in [1.54, 1.807) is 26.8 Å². The molecule has 1 aromatic rings. The van der Waals surface area contributed by atoms with Crippen molar-refractivity contribution in [2.75, 3.05) is 0 Å². The van der Waals surface area contributed by atoms with Crippen LogP contribution in [0.25, 0.3) is 0 Å². The number of aromatic nitrogens is 1. The molecular formula is C15H17N3O3. The zero-order valence-electron chi connectivity index (χ0n) is 12.3. The number of pyridine rings is 1. The Hall–Kier alpha value is -2.42. The van der Waals surface area contributed by atoms with Crippen LogP contribution in [-0.4, -0.2) is 27.9 Å². The van der Waals surface area contributed by atoms with Gasteiger partial charge in [0.1, 0.15) is 5.60 Å². The molecule has 21 heavy (non-hydrogen) atoms. The summed E-state index contributed by atoms with van der Waals surface area (Å²) in [6.07, 6.45) is 1.82. The van der Waals surface area contributed by atoms with Gasteiger partial charge in [0.15, 0.2) is 6.29 Å². The van der Waals surface area contributed by atoms with E-state index < -0.39 is 17.7 Å². The number of carbonyl (C=O) groups is 2. The number of ether oxygens (including phenoxy) is 1. The molecule has 0 bridgehead atoms. The third-order valence-corrected chi connectivity index (χ3v) is 3.10. The highest BCUT2D eigenvalue weighted by Gasteiger charge is 2.37. The van der Waals surface area contributed by atoms with E-state index in [9.17, 15) is 9.59 Å². The number of nitriles is 1. The number of fused-ring (bicyclic) bond motifs is 1. The number of hydrogen-bond donors (Lipinski definition) is 0. The summed E-state index contributed by atoms with van der Waals surface area (Å²) in [5.74, 6) is 0. The first kappa shape index (κ1) is 15.0. The lowest BCUT2D eigenvalue weighted by Gasteiger charge is -2.27. The topological polar surface area (TPSA) is 83.3 Å². The summed E-state index contributed by atoms with van der Waals surface area (Å²) < 4.78 is 5.37. The van der Waals surface area contributed by atoms with Gasteiger partial charge in [0.2, 0.25) is 0 Å². The van der Waals surface area contributed by atoms with Crippen molar-refractivity contribution in [3.8, 4) is 6.07 Å².